The molecule has 0 aliphatic carbocycles. The Labute approximate surface area is 304 Å². The lowest BCUT2D eigenvalue weighted by Crippen LogP contribution is -2.19. The van der Waals surface area contributed by atoms with Crippen molar-refractivity contribution in [2.45, 2.75) is 19.6 Å². The summed E-state index contributed by atoms with van der Waals surface area (Å²) in [5, 5.41) is 18.9. The zero-order valence-electron chi connectivity index (χ0n) is 29.4. The maximum absolute atomic E-state index is 13.9. The summed E-state index contributed by atoms with van der Waals surface area (Å²) in [5.74, 6) is 0.642. The molecule has 53 heavy (non-hydrogen) atoms. The van der Waals surface area contributed by atoms with E-state index in [4.69, 9.17) is 24.7 Å². The highest BCUT2D eigenvalue weighted by Crippen LogP contribution is 2.21. The fourth-order valence-corrected chi connectivity index (χ4v) is 5.46. The molecule has 0 fully saturated rings. The van der Waals surface area contributed by atoms with E-state index in [1.807, 2.05) is 48.5 Å². The predicted octanol–water partition coefficient (Wildman–Crippen LogP) is 4.32. The number of ether oxygens (including phenoxy) is 4. The van der Waals surface area contributed by atoms with Crippen molar-refractivity contribution < 1.29 is 33.3 Å². The molecule has 4 N–H and O–H groups in total. The first-order valence-corrected chi connectivity index (χ1v) is 16.2. The summed E-state index contributed by atoms with van der Waals surface area (Å²) in [5.41, 5.74) is 8.93. The van der Waals surface area contributed by atoms with Gasteiger partial charge in [0.25, 0.3) is 11.8 Å². The number of hydrogen-bond donors (Lipinski definition) is 3. The summed E-state index contributed by atoms with van der Waals surface area (Å²) in [7, 11) is 5.99. The van der Waals surface area contributed by atoms with Gasteiger partial charge in [-0.25, -0.2) is 4.79 Å². The third kappa shape index (κ3) is 8.45. The molecule has 0 unspecified atom stereocenters. The molecule has 0 spiro atoms. The van der Waals surface area contributed by atoms with Crippen LogP contribution in [0, 0.1) is 0 Å². The van der Waals surface area contributed by atoms with Crippen molar-refractivity contribution in [1.29, 1.82) is 0 Å². The molecule has 0 atom stereocenters. The third-order valence-corrected chi connectivity index (χ3v) is 8.18. The maximum Gasteiger partial charge on any atom is 0.356 e. The molecule has 2 amide bonds. The Hall–Kier alpha value is -7.10. The number of benzene rings is 3. The van der Waals surface area contributed by atoms with E-state index < -0.39 is 17.8 Å². The van der Waals surface area contributed by atoms with Gasteiger partial charge in [-0.2, -0.15) is 15.3 Å². The van der Waals surface area contributed by atoms with E-state index in [2.05, 4.69) is 25.9 Å². The largest absolute Gasteiger partial charge is 0.497 e. The van der Waals surface area contributed by atoms with Gasteiger partial charge >= 0.3 is 5.97 Å². The normalized spacial score (nSPS) is 10.8. The minimum atomic E-state index is -0.632. The molecule has 3 aromatic heterocycles. The minimum absolute atomic E-state index is 0.101. The lowest BCUT2D eigenvalue weighted by molar-refractivity contribution is 0.0587. The van der Waals surface area contributed by atoms with Crippen molar-refractivity contribution in [2.24, 2.45) is 0 Å². The summed E-state index contributed by atoms with van der Waals surface area (Å²) in [4.78, 5) is 40.1. The smallest absolute Gasteiger partial charge is 0.356 e. The molecule has 3 heterocycles. The summed E-state index contributed by atoms with van der Waals surface area (Å²) in [6, 6.07) is 26.2. The zero-order chi connectivity index (χ0) is 37.5. The SMILES string of the molecule is COC(=O)c1cc(NC(=O)c2cc(NC(=O)c3cc(N)nn3Cc3ccc(OC)cc3)nn2Cc2ccc(OC)cc2)nn1Cc1ccc(OC)cc1. The number of nitrogen functional groups attached to an aromatic ring is 1. The number of aromatic nitrogens is 6. The molecule has 16 heteroatoms. The fourth-order valence-electron chi connectivity index (χ4n) is 5.46. The van der Waals surface area contributed by atoms with E-state index in [1.54, 1.807) is 45.6 Å². The Morgan fingerprint density at radius 1 is 0.547 bits per heavy atom. The zero-order valence-corrected chi connectivity index (χ0v) is 29.4. The Kier molecular flexibility index (Phi) is 10.7. The quantitative estimate of drug-likeness (QED) is 0.136. The Bertz CT molecular complexity index is 2220. The van der Waals surface area contributed by atoms with Crippen LogP contribution in [0.5, 0.6) is 17.2 Å². The number of esters is 1. The van der Waals surface area contributed by atoms with Gasteiger partial charge in [0, 0.05) is 18.2 Å². The standard InChI is InChI=1S/C37H37N9O7/c1-50-26-11-5-23(6-12-26)20-44-29(17-32(38)41-44)35(47)39-33-18-30(45(42-33)21-24-7-13-27(51-2)14-8-24)36(48)40-34-19-31(37(49)53-4)46(43-34)22-25-9-15-28(52-3)16-10-25/h5-19H,20-22H2,1-4H3,(H2,38,41)(H,39,42,47)(H,40,43,48). The average Bonchev–Trinajstić information content (AvgIpc) is 3.88. The van der Waals surface area contributed by atoms with E-state index in [0.717, 1.165) is 16.7 Å². The molecule has 0 aliphatic rings. The molecule has 16 nitrogen and oxygen atoms in total. The number of carbonyl (C=O) groups is 3. The molecule has 0 saturated heterocycles. The molecule has 0 aliphatic heterocycles. The predicted molar refractivity (Wildman–Crippen MR) is 195 cm³/mol. The highest BCUT2D eigenvalue weighted by molar-refractivity contribution is 6.06. The Morgan fingerprint density at radius 3 is 1.30 bits per heavy atom. The van der Waals surface area contributed by atoms with Crippen molar-refractivity contribution in [3.05, 3.63) is 125 Å². The van der Waals surface area contributed by atoms with Gasteiger partial charge in [-0.05, 0) is 53.1 Å². The summed E-state index contributed by atoms with van der Waals surface area (Å²) >= 11 is 0. The van der Waals surface area contributed by atoms with Crippen LogP contribution in [0.4, 0.5) is 17.5 Å². The summed E-state index contributed by atoms with van der Waals surface area (Å²) in [6.07, 6.45) is 0. The van der Waals surface area contributed by atoms with Crippen molar-refractivity contribution in [3.8, 4) is 17.2 Å². The van der Waals surface area contributed by atoms with Gasteiger partial charge in [0.2, 0.25) is 0 Å². The van der Waals surface area contributed by atoms with Crippen molar-refractivity contribution in [1.82, 2.24) is 29.3 Å². The molecule has 0 bridgehead atoms. The number of amides is 2. The number of nitrogens with two attached hydrogens (primary N) is 1. The van der Waals surface area contributed by atoms with E-state index in [-0.39, 0.29) is 54.2 Å². The number of nitrogens with one attached hydrogen (secondary N) is 2. The van der Waals surface area contributed by atoms with E-state index in [9.17, 15) is 14.4 Å². The van der Waals surface area contributed by atoms with Gasteiger partial charge in [0.1, 0.15) is 40.1 Å². The molecular formula is C37H37N9O7. The first-order chi connectivity index (χ1) is 25.7. The van der Waals surface area contributed by atoms with Crippen LogP contribution in [0.25, 0.3) is 0 Å². The highest BCUT2D eigenvalue weighted by atomic mass is 16.5. The van der Waals surface area contributed by atoms with E-state index >= 15 is 0 Å². The van der Waals surface area contributed by atoms with Gasteiger partial charge in [-0.1, -0.05) is 36.4 Å². The lowest BCUT2D eigenvalue weighted by Gasteiger charge is -2.09. The molecule has 0 radical (unpaired) electrons. The minimum Gasteiger partial charge on any atom is -0.497 e. The number of carbonyl (C=O) groups excluding carboxylic acids is 3. The van der Waals surface area contributed by atoms with Crippen LogP contribution in [0.3, 0.4) is 0 Å². The molecule has 6 aromatic rings. The average molecular weight is 720 g/mol. The summed E-state index contributed by atoms with van der Waals surface area (Å²) < 4.78 is 25.1. The topological polar surface area (TPSA) is 192 Å². The summed E-state index contributed by atoms with van der Waals surface area (Å²) in [6.45, 7) is 0.655. The van der Waals surface area contributed by atoms with Gasteiger partial charge in [0.05, 0.1) is 48.1 Å². The molecule has 0 saturated carbocycles. The van der Waals surface area contributed by atoms with Crippen LogP contribution in [-0.4, -0.2) is 75.6 Å². The van der Waals surface area contributed by atoms with Crippen LogP contribution in [0.2, 0.25) is 0 Å². The monoisotopic (exact) mass is 719 g/mol. The van der Waals surface area contributed by atoms with Crippen LogP contribution in [0.15, 0.2) is 91.0 Å². The first-order valence-electron chi connectivity index (χ1n) is 16.2. The van der Waals surface area contributed by atoms with Crippen LogP contribution < -0.4 is 30.6 Å². The Morgan fingerprint density at radius 2 is 0.906 bits per heavy atom. The van der Waals surface area contributed by atoms with E-state index in [0.29, 0.717) is 17.2 Å². The van der Waals surface area contributed by atoms with Gasteiger partial charge in [-0.15, -0.1) is 0 Å². The second-order valence-corrected chi connectivity index (χ2v) is 11.7. The second-order valence-electron chi connectivity index (χ2n) is 11.7. The third-order valence-electron chi connectivity index (χ3n) is 8.18. The molecule has 6 rings (SSSR count). The van der Waals surface area contributed by atoms with Crippen molar-refractivity contribution in [3.63, 3.8) is 0 Å². The van der Waals surface area contributed by atoms with Gasteiger partial charge < -0.3 is 35.3 Å². The number of hydrogen-bond acceptors (Lipinski definition) is 11. The molecular weight excluding hydrogens is 682 g/mol. The van der Waals surface area contributed by atoms with Crippen molar-refractivity contribution in [2.75, 3.05) is 44.8 Å². The van der Waals surface area contributed by atoms with Crippen LogP contribution in [0.1, 0.15) is 48.2 Å². The number of anilines is 3. The van der Waals surface area contributed by atoms with Crippen LogP contribution >= 0.6 is 0 Å². The fraction of sp³-hybridized carbons (Fsp3) is 0.189. The van der Waals surface area contributed by atoms with Crippen LogP contribution in [-0.2, 0) is 24.4 Å². The number of rotatable bonds is 14. The number of nitrogens with zero attached hydrogens (tertiary/aromatic N) is 6. The molecule has 3 aromatic carbocycles. The van der Waals surface area contributed by atoms with E-state index in [1.165, 1.54) is 39.4 Å². The first kappa shape index (κ1) is 35.7. The Balaban J connectivity index is 1.26. The number of methoxy groups -OCH3 is 4. The lowest BCUT2D eigenvalue weighted by atomic mass is 10.2. The maximum atomic E-state index is 13.9. The second kappa shape index (κ2) is 15.8. The van der Waals surface area contributed by atoms with Crippen molar-refractivity contribution >= 4 is 35.2 Å². The molecule has 272 valence electrons. The highest BCUT2D eigenvalue weighted by Gasteiger charge is 2.23. The van der Waals surface area contributed by atoms with Gasteiger partial charge in [0.15, 0.2) is 11.6 Å². The van der Waals surface area contributed by atoms with Gasteiger partial charge in [-0.3, -0.25) is 23.6 Å².